The van der Waals surface area contributed by atoms with Gasteiger partial charge in [0.25, 0.3) is 5.91 Å². The second-order valence-electron chi connectivity index (χ2n) is 12.2. The van der Waals surface area contributed by atoms with Gasteiger partial charge in [-0.25, -0.2) is 14.8 Å². The Morgan fingerprint density at radius 3 is 2.44 bits per heavy atom. The van der Waals surface area contributed by atoms with Gasteiger partial charge in [-0.3, -0.25) is 18.8 Å². The Morgan fingerprint density at radius 1 is 1.02 bits per heavy atom. The van der Waals surface area contributed by atoms with E-state index in [9.17, 15) is 14.9 Å². The SMILES string of the molecule is CC(C)(/C=C(/C#N)C(=O)N1CCC[C@H]1Cn1c(=O)n(-c2ccc(Oc3ccccc3)cc2)c2c(N)ncnc21)N1CCCCC1. The van der Waals surface area contributed by atoms with Crippen molar-refractivity contribution in [1.29, 1.82) is 5.26 Å². The lowest BCUT2D eigenvalue weighted by molar-refractivity contribution is -0.127. The number of anilines is 1. The maximum absolute atomic E-state index is 14.0. The van der Waals surface area contributed by atoms with E-state index in [4.69, 9.17) is 10.5 Å². The molecule has 0 spiro atoms. The molecule has 0 bridgehead atoms. The van der Waals surface area contributed by atoms with Crippen LogP contribution in [0.1, 0.15) is 46.0 Å². The van der Waals surface area contributed by atoms with E-state index in [1.54, 1.807) is 33.7 Å². The molecule has 4 heterocycles. The second kappa shape index (κ2) is 12.6. The van der Waals surface area contributed by atoms with E-state index in [1.807, 2.05) is 36.4 Å². The highest BCUT2D eigenvalue weighted by atomic mass is 16.5. The number of piperidine rings is 1. The van der Waals surface area contributed by atoms with Crippen LogP contribution in [0.5, 0.6) is 11.5 Å². The minimum absolute atomic E-state index is 0.136. The molecular formula is C34H38N8O3. The van der Waals surface area contributed by atoms with Crippen molar-refractivity contribution in [2.24, 2.45) is 0 Å². The number of aromatic nitrogens is 4. The molecule has 2 aromatic carbocycles. The van der Waals surface area contributed by atoms with Crippen LogP contribution in [0.2, 0.25) is 0 Å². The van der Waals surface area contributed by atoms with Crippen molar-refractivity contribution in [2.45, 2.75) is 64.1 Å². The van der Waals surface area contributed by atoms with Crippen LogP contribution < -0.4 is 16.2 Å². The number of amides is 1. The van der Waals surface area contributed by atoms with Gasteiger partial charge in [0, 0.05) is 18.6 Å². The first-order chi connectivity index (χ1) is 21.8. The van der Waals surface area contributed by atoms with Gasteiger partial charge in [-0.1, -0.05) is 24.6 Å². The number of rotatable bonds is 8. The average molecular weight is 607 g/mol. The van der Waals surface area contributed by atoms with E-state index in [-0.39, 0.29) is 35.6 Å². The lowest BCUT2D eigenvalue weighted by Gasteiger charge is -2.39. The molecule has 2 N–H and O–H groups in total. The lowest BCUT2D eigenvalue weighted by Crippen LogP contribution is -2.46. The van der Waals surface area contributed by atoms with Gasteiger partial charge in [-0.2, -0.15) is 5.26 Å². The zero-order chi connectivity index (χ0) is 31.6. The molecule has 1 amide bonds. The van der Waals surface area contributed by atoms with Gasteiger partial charge in [0.2, 0.25) is 0 Å². The zero-order valence-corrected chi connectivity index (χ0v) is 25.7. The maximum Gasteiger partial charge on any atom is 0.335 e. The van der Waals surface area contributed by atoms with Crippen molar-refractivity contribution in [1.82, 2.24) is 28.9 Å². The van der Waals surface area contributed by atoms with Crippen LogP contribution in [0.3, 0.4) is 0 Å². The number of nitrogens with two attached hydrogens (primary N) is 1. The van der Waals surface area contributed by atoms with Crippen LogP contribution >= 0.6 is 0 Å². The molecule has 4 aromatic rings. The fourth-order valence-corrected chi connectivity index (χ4v) is 6.51. The first-order valence-corrected chi connectivity index (χ1v) is 15.5. The van der Waals surface area contributed by atoms with Gasteiger partial charge in [-0.05, 0) is 95.1 Å². The van der Waals surface area contributed by atoms with Gasteiger partial charge in [-0.15, -0.1) is 0 Å². The van der Waals surface area contributed by atoms with Crippen molar-refractivity contribution in [3.63, 3.8) is 0 Å². The largest absolute Gasteiger partial charge is 0.457 e. The van der Waals surface area contributed by atoms with Crippen LogP contribution in [0, 0.1) is 11.3 Å². The van der Waals surface area contributed by atoms with Crippen LogP contribution in [0.25, 0.3) is 16.9 Å². The summed E-state index contributed by atoms with van der Waals surface area (Å²) < 4.78 is 8.98. The van der Waals surface area contributed by atoms with Crippen LogP contribution in [0.4, 0.5) is 5.82 Å². The quantitative estimate of drug-likeness (QED) is 0.226. The first-order valence-electron chi connectivity index (χ1n) is 15.5. The topological polar surface area (TPSA) is 135 Å². The molecule has 2 aliphatic rings. The molecule has 11 nitrogen and oxygen atoms in total. The summed E-state index contributed by atoms with van der Waals surface area (Å²) in [6.45, 7) is 6.74. The number of nitrogen functional groups attached to an aromatic ring is 1. The molecule has 0 aliphatic carbocycles. The number of carbonyl (C=O) groups is 1. The summed E-state index contributed by atoms with van der Waals surface area (Å²) >= 11 is 0. The van der Waals surface area contributed by atoms with Gasteiger partial charge < -0.3 is 15.4 Å². The van der Waals surface area contributed by atoms with Gasteiger partial charge in [0.15, 0.2) is 11.5 Å². The molecule has 1 atom stereocenters. The van der Waals surface area contributed by atoms with E-state index >= 15 is 0 Å². The summed E-state index contributed by atoms with van der Waals surface area (Å²) in [6.07, 6.45) is 8.06. The normalized spacial score (nSPS) is 17.8. The highest BCUT2D eigenvalue weighted by Crippen LogP contribution is 2.28. The minimum atomic E-state index is -0.420. The number of fused-ring (bicyclic) bond motifs is 1. The number of nitrogens with zero attached hydrogens (tertiary/aromatic N) is 7. The van der Waals surface area contributed by atoms with E-state index in [0.29, 0.717) is 41.3 Å². The van der Waals surface area contributed by atoms with E-state index in [1.165, 1.54) is 17.3 Å². The number of hydrogen-bond donors (Lipinski definition) is 1. The minimum Gasteiger partial charge on any atom is -0.457 e. The Bertz CT molecular complexity index is 1810. The number of likely N-dealkylation sites (tertiary alicyclic amines) is 2. The van der Waals surface area contributed by atoms with Crippen molar-refractivity contribution < 1.29 is 9.53 Å². The fourth-order valence-electron chi connectivity index (χ4n) is 6.51. The van der Waals surface area contributed by atoms with Crippen molar-refractivity contribution in [2.75, 3.05) is 25.4 Å². The van der Waals surface area contributed by atoms with Crippen LogP contribution in [0.15, 0.2) is 77.4 Å². The summed E-state index contributed by atoms with van der Waals surface area (Å²) in [5.74, 6) is 1.20. The third-order valence-electron chi connectivity index (χ3n) is 8.86. The Balaban J connectivity index is 1.29. The molecule has 11 heteroatoms. The third kappa shape index (κ3) is 6.06. The van der Waals surface area contributed by atoms with Gasteiger partial charge in [0.1, 0.15) is 35.0 Å². The second-order valence-corrected chi connectivity index (χ2v) is 12.2. The average Bonchev–Trinajstić information content (AvgIpc) is 3.64. The maximum atomic E-state index is 14.0. The summed E-state index contributed by atoms with van der Waals surface area (Å²) in [6, 6.07) is 18.5. The number of carbonyl (C=O) groups excluding carboxylic acids is 1. The number of nitriles is 1. The zero-order valence-electron chi connectivity index (χ0n) is 25.7. The Labute approximate surface area is 262 Å². The van der Waals surface area contributed by atoms with Gasteiger partial charge in [0.05, 0.1) is 11.7 Å². The first kappa shape index (κ1) is 30.1. The summed E-state index contributed by atoms with van der Waals surface area (Å²) in [5, 5.41) is 10.1. The smallest absolute Gasteiger partial charge is 0.335 e. The molecule has 0 unspecified atom stereocenters. The van der Waals surface area contributed by atoms with Crippen LogP contribution in [-0.4, -0.2) is 66.0 Å². The Kier molecular flexibility index (Phi) is 8.41. The van der Waals surface area contributed by atoms with E-state index < -0.39 is 5.54 Å². The molecule has 2 saturated heterocycles. The predicted octanol–water partition coefficient (Wildman–Crippen LogP) is 4.66. The lowest BCUT2D eigenvalue weighted by atomic mass is 9.95. The molecule has 232 valence electrons. The van der Waals surface area contributed by atoms with Crippen LogP contribution in [-0.2, 0) is 11.3 Å². The number of para-hydroxylation sites is 1. The molecule has 0 saturated carbocycles. The molecule has 2 aliphatic heterocycles. The molecule has 6 rings (SSSR count). The standard InChI is InChI=1S/C34H38N8O3/c1-34(2,39-17-7-4-8-18-39)20-24(21-35)32(43)40-19-9-10-26(40)22-41-31-29(30(36)37-23-38-31)42(33(41)44)25-13-15-28(16-14-25)45-27-11-5-3-6-12-27/h3,5-6,11-16,20,23,26H,4,7-10,17-19,22H2,1-2H3,(H2,36,37,38)/b24-20-/t26-/m0/s1. The molecule has 45 heavy (non-hydrogen) atoms. The Hall–Kier alpha value is -4.95. The third-order valence-corrected chi connectivity index (χ3v) is 8.86. The highest BCUT2D eigenvalue weighted by molar-refractivity contribution is 5.97. The summed E-state index contributed by atoms with van der Waals surface area (Å²) in [7, 11) is 0. The molecular weight excluding hydrogens is 568 g/mol. The summed E-state index contributed by atoms with van der Waals surface area (Å²) in [4.78, 5) is 40.5. The Morgan fingerprint density at radius 2 is 1.73 bits per heavy atom. The highest BCUT2D eigenvalue weighted by Gasteiger charge is 2.34. The van der Waals surface area contributed by atoms with E-state index in [2.05, 4.69) is 34.8 Å². The summed E-state index contributed by atoms with van der Waals surface area (Å²) in [5.41, 5.74) is 7.06. The number of hydrogen-bond acceptors (Lipinski definition) is 8. The van der Waals surface area contributed by atoms with Crippen molar-refractivity contribution in [3.05, 3.63) is 83.1 Å². The molecule has 2 aromatic heterocycles. The van der Waals surface area contributed by atoms with Gasteiger partial charge >= 0.3 is 5.69 Å². The van der Waals surface area contributed by atoms with Crippen molar-refractivity contribution >= 4 is 22.9 Å². The monoisotopic (exact) mass is 606 g/mol. The predicted molar refractivity (Wildman–Crippen MR) is 172 cm³/mol. The molecule has 0 radical (unpaired) electrons. The number of ether oxygens (including phenoxy) is 1. The van der Waals surface area contributed by atoms with E-state index in [0.717, 1.165) is 32.4 Å². The molecule has 2 fully saturated rings. The number of imidazole rings is 1. The number of benzene rings is 2. The fraction of sp³-hybridized carbons (Fsp3) is 0.382. The van der Waals surface area contributed by atoms with Crippen molar-refractivity contribution in [3.8, 4) is 23.3 Å².